The number of benzene rings is 1. The van der Waals surface area contributed by atoms with Crippen LogP contribution in [0.25, 0.3) is 0 Å². The summed E-state index contributed by atoms with van der Waals surface area (Å²) in [5.41, 5.74) is 1.13. The van der Waals surface area contributed by atoms with Crippen molar-refractivity contribution in [2.45, 2.75) is 39.2 Å². The van der Waals surface area contributed by atoms with Crippen LogP contribution >= 0.6 is 27.5 Å². The number of rotatable bonds is 2. The van der Waals surface area contributed by atoms with Gasteiger partial charge in [-0.3, -0.25) is 0 Å². The van der Waals surface area contributed by atoms with Crippen LogP contribution in [0.1, 0.15) is 33.1 Å². The molecule has 1 saturated carbocycles. The third kappa shape index (κ3) is 3.38. The van der Waals surface area contributed by atoms with E-state index in [0.717, 1.165) is 27.0 Å². The van der Waals surface area contributed by atoms with E-state index in [4.69, 9.17) is 11.6 Å². The molecule has 0 heterocycles. The molecule has 1 aromatic carbocycles. The van der Waals surface area contributed by atoms with Gasteiger partial charge in [0.1, 0.15) is 0 Å². The Hall–Kier alpha value is -0.210. The largest absolute Gasteiger partial charge is 0.382 e. The average molecular weight is 317 g/mol. The van der Waals surface area contributed by atoms with Crippen LogP contribution in [0.2, 0.25) is 5.02 Å². The van der Waals surface area contributed by atoms with Gasteiger partial charge < -0.3 is 5.32 Å². The highest BCUT2D eigenvalue weighted by molar-refractivity contribution is 9.10. The summed E-state index contributed by atoms with van der Waals surface area (Å²) in [4.78, 5) is 0. The van der Waals surface area contributed by atoms with Crippen LogP contribution in [-0.4, -0.2) is 6.04 Å². The lowest BCUT2D eigenvalue weighted by Crippen LogP contribution is -2.33. The summed E-state index contributed by atoms with van der Waals surface area (Å²) in [6.45, 7) is 4.68. The highest BCUT2D eigenvalue weighted by atomic mass is 79.9. The fourth-order valence-corrected chi connectivity index (χ4v) is 2.96. The molecule has 3 heteroatoms. The van der Waals surface area contributed by atoms with Gasteiger partial charge in [0, 0.05) is 16.2 Å². The van der Waals surface area contributed by atoms with Gasteiger partial charge in [0.15, 0.2) is 0 Å². The first-order valence-electron chi connectivity index (χ1n) is 6.28. The second-order valence-electron chi connectivity index (χ2n) is 5.28. The lowest BCUT2D eigenvalue weighted by atomic mass is 9.80. The zero-order valence-corrected chi connectivity index (χ0v) is 12.7. The minimum Gasteiger partial charge on any atom is -0.382 e. The van der Waals surface area contributed by atoms with E-state index in [1.165, 1.54) is 19.3 Å². The zero-order chi connectivity index (χ0) is 12.4. The maximum absolute atomic E-state index is 6.11. The predicted octanol–water partition coefficient (Wildman–Crippen LogP) is 5.34. The maximum atomic E-state index is 6.11. The lowest BCUT2D eigenvalue weighted by molar-refractivity contribution is 0.281. The van der Waals surface area contributed by atoms with E-state index >= 15 is 0 Å². The Balaban J connectivity index is 2.06. The van der Waals surface area contributed by atoms with Crippen LogP contribution in [-0.2, 0) is 0 Å². The van der Waals surface area contributed by atoms with Gasteiger partial charge in [0.05, 0.1) is 5.02 Å². The Labute approximate surface area is 117 Å². The molecule has 1 fully saturated rings. The van der Waals surface area contributed by atoms with Crippen LogP contribution < -0.4 is 5.32 Å². The third-order valence-corrected chi connectivity index (χ3v) is 4.96. The van der Waals surface area contributed by atoms with Crippen molar-refractivity contribution in [3.63, 3.8) is 0 Å². The van der Waals surface area contributed by atoms with Gasteiger partial charge in [-0.25, -0.2) is 0 Å². The third-order valence-electron chi connectivity index (χ3n) is 3.73. The van der Waals surface area contributed by atoms with Crippen LogP contribution in [0.4, 0.5) is 5.69 Å². The summed E-state index contributed by atoms with van der Waals surface area (Å²) >= 11 is 9.53. The first kappa shape index (κ1) is 13.2. The summed E-state index contributed by atoms with van der Waals surface area (Å²) in [7, 11) is 0. The molecular formula is C14H19BrClN. The van der Waals surface area contributed by atoms with E-state index in [-0.39, 0.29) is 0 Å². The second-order valence-corrected chi connectivity index (χ2v) is 6.54. The molecule has 94 valence electrons. The average Bonchev–Trinajstić information content (AvgIpc) is 2.29. The molecule has 3 unspecified atom stereocenters. The van der Waals surface area contributed by atoms with Crippen LogP contribution in [0.5, 0.6) is 0 Å². The molecule has 17 heavy (non-hydrogen) atoms. The van der Waals surface area contributed by atoms with Crippen LogP contribution in [0, 0.1) is 11.8 Å². The Kier molecular flexibility index (Phi) is 4.37. The molecule has 1 nitrogen and oxygen atoms in total. The van der Waals surface area contributed by atoms with Crippen molar-refractivity contribution in [2.75, 3.05) is 5.32 Å². The molecule has 1 N–H and O–H groups in total. The quantitative estimate of drug-likeness (QED) is 0.776. The molecule has 3 atom stereocenters. The van der Waals surface area contributed by atoms with E-state index in [1.54, 1.807) is 0 Å². The molecule has 0 aromatic heterocycles. The number of hydrogen-bond acceptors (Lipinski definition) is 1. The Morgan fingerprint density at radius 2 is 2.06 bits per heavy atom. The molecule has 1 aromatic rings. The van der Waals surface area contributed by atoms with E-state index < -0.39 is 0 Å². The summed E-state index contributed by atoms with van der Waals surface area (Å²) in [6.07, 6.45) is 3.94. The van der Waals surface area contributed by atoms with Crippen molar-refractivity contribution < 1.29 is 0 Å². The standard InChI is InChI=1S/C14H19BrClN/c1-9-3-4-10(2)14(7-9)17-11-5-6-12(15)13(16)8-11/h5-6,8-10,14,17H,3-4,7H2,1-2H3. The van der Waals surface area contributed by atoms with E-state index in [9.17, 15) is 0 Å². The normalized spacial score (nSPS) is 29.1. The van der Waals surface area contributed by atoms with Gasteiger partial charge in [-0.1, -0.05) is 31.9 Å². The number of nitrogens with one attached hydrogen (secondary N) is 1. The van der Waals surface area contributed by atoms with E-state index in [2.05, 4.69) is 41.2 Å². The number of anilines is 1. The molecule has 0 amide bonds. The maximum Gasteiger partial charge on any atom is 0.0568 e. The number of halogens is 2. The van der Waals surface area contributed by atoms with Crippen molar-refractivity contribution in [1.29, 1.82) is 0 Å². The SMILES string of the molecule is CC1CCC(C)C(Nc2ccc(Br)c(Cl)c2)C1. The molecule has 1 aliphatic carbocycles. The predicted molar refractivity (Wildman–Crippen MR) is 78.7 cm³/mol. The van der Waals surface area contributed by atoms with Crippen molar-refractivity contribution in [3.8, 4) is 0 Å². The second kappa shape index (κ2) is 5.62. The van der Waals surface area contributed by atoms with E-state index in [1.807, 2.05) is 12.1 Å². The summed E-state index contributed by atoms with van der Waals surface area (Å²) < 4.78 is 0.953. The zero-order valence-electron chi connectivity index (χ0n) is 10.3. The fourth-order valence-electron chi connectivity index (χ4n) is 2.53. The summed E-state index contributed by atoms with van der Waals surface area (Å²) in [6, 6.07) is 6.66. The Bertz CT molecular complexity index is 394. The Morgan fingerprint density at radius 1 is 1.29 bits per heavy atom. The minimum absolute atomic E-state index is 0.580. The Morgan fingerprint density at radius 3 is 2.76 bits per heavy atom. The molecule has 0 spiro atoms. The monoisotopic (exact) mass is 315 g/mol. The van der Waals surface area contributed by atoms with Crippen molar-refractivity contribution in [2.24, 2.45) is 11.8 Å². The van der Waals surface area contributed by atoms with Gasteiger partial charge in [-0.2, -0.15) is 0 Å². The van der Waals surface area contributed by atoms with Crippen LogP contribution in [0.3, 0.4) is 0 Å². The smallest absolute Gasteiger partial charge is 0.0568 e. The lowest BCUT2D eigenvalue weighted by Gasteiger charge is -2.34. The fraction of sp³-hybridized carbons (Fsp3) is 0.571. The van der Waals surface area contributed by atoms with Crippen molar-refractivity contribution >= 4 is 33.2 Å². The van der Waals surface area contributed by atoms with Crippen molar-refractivity contribution in [3.05, 3.63) is 27.7 Å². The highest BCUT2D eigenvalue weighted by Gasteiger charge is 2.25. The van der Waals surface area contributed by atoms with Gasteiger partial charge in [0.2, 0.25) is 0 Å². The first-order chi connectivity index (χ1) is 8.06. The van der Waals surface area contributed by atoms with Gasteiger partial charge in [0.25, 0.3) is 0 Å². The topological polar surface area (TPSA) is 12.0 Å². The minimum atomic E-state index is 0.580. The molecule has 0 saturated heterocycles. The molecule has 1 aliphatic rings. The van der Waals surface area contributed by atoms with Gasteiger partial charge in [-0.15, -0.1) is 0 Å². The number of hydrogen-bond donors (Lipinski definition) is 1. The highest BCUT2D eigenvalue weighted by Crippen LogP contribution is 2.32. The molecule has 0 radical (unpaired) electrons. The van der Waals surface area contributed by atoms with Gasteiger partial charge >= 0.3 is 0 Å². The van der Waals surface area contributed by atoms with E-state index in [0.29, 0.717) is 6.04 Å². The summed E-state index contributed by atoms with van der Waals surface area (Å²) in [5.74, 6) is 1.57. The molecule has 0 aliphatic heterocycles. The van der Waals surface area contributed by atoms with Crippen LogP contribution in [0.15, 0.2) is 22.7 Å². The van der Waals surface area contributed by atoms with Crippen molar-refractivity contribution in [1.82, 2.24) is 0 Å². The summed E-state index contributed by atoms with van der Waals surface area (Å²) in [5, 5.41) is 4.39. The first-order valence-corrected chi connectivity index (χ1v) is 7.45. The molecule has 0 bridgehead atoms. The van der Waals surface area contributed by atoms with Gasteiger partial charge in [-0.05, 0) is 58.8 Å². The molecular weight excluding hydrogens is 298 g/mol. The molecule has 2 rings (SSSR count).